The quantitative estimate of drug-likeness (QED) is 0.434. The lowest BCUT2D eigenvalue weighted by Gasteiger charge is -2.16. The van der Waals surface area contributed by atoms with Crippen molar-refractivity contribution in [3.8, 4) is 28.4 Å². The molecule has 2 aliphatic rings. The van der Waals surface area contributed by atoms with Crippen molar-refractivity contribution in [2.45, 2.75) is 24.4 Å². The van der Waals surface area contributed by atoms with Gasteiger partial charge in [-0.3, -0.25) is 0 Å². The van der Waals surface area contributed by atoms with Gasteiger partial charge in [0, 0.05) is 28.6 Å². The summed E-state index contributed by atoms with van der Waals surface area (Å²) in [5.74, 6) is 0.00261. The van der Waals surface area contributed by atoms with Crippen LogP contribution in [0.25, 0.3) is 33.5 Å². The van der Waals surface area contributed by atoms with E-state index >= 15 is 0 Å². The zero-order valence-electron chi connectivity index (χ0n) is 16.7. The largest absolute Gasteiger partial charge is 0.470 e. The molecule has 4 aromatic rings. The van der Waals surface area contributed by atoms with Crippen LogP contribution in [0.2, 0.25) is 0 Å². The van der Waals surface area contributed by atoms with Gasteiger partial charge in [0.05, 0.1) is 29.9 Å². The fourth-order valence-corrected chi connectivity index (χ4v) is 4.77. The van der Waals surface area contributed by atoms with E-state index in [1.807, 2.05) is 29.6 Å². The lowest BCUT2D eigenvalue weighted by atomic mass is 10.1. The zero-order valence-corrected chi connectivity index (χ0v) is 17.5. The van der Waals surface area contributed by atoms with Crippen LogP contribution in [0.1, 0.15) is 0 Å². The Morgan fingerprint density at radius 1 is 1.09 bits per heavy atom. The molecule has 0 amide bonds. The summed E-state index contributed by atoms with van der Waals surface area (Å²) >= 11 is 1.37. The summed E-state index contributed by atoms with van der Waals surface area (Å²) in [6.07, 6.45) is -1.71. The van der Waals surface area contributed by atoms with E-state index in [-0.39, 0.29) is 30.6 Å². The Morgan fingerprint density at radius 3 is 2.66 bits per heavy atom. The molecule has 5 heterocycles. The highest BCUT2D eigenvalue weighted by atomic mass is 32.1. The van der Waals surface area contributed by atoms with Gasteiger partial charge in [-0.2, -0.15) is 0 Å². The van der Waals surface area contributed by atoms with Gasteiger partial charge in [-0.05, 0) is 0 Å². The minimum absolute atomic E-state index is 0.229. The Morgan fingerprint density at radius 2 is 1.88 bits per heavy atom. The zero-order chi connectivity index (χ0) is 21.8. The second kappa shape index (κ2) is 7.52. The highest BCUT2D eigenvalue weighted by molar-refractivity contribution is 7.13. The average Bonchev–Trinajstić information content (AvgIpc) is 3.55. The number of halogens is 1. The number of anilines is 1. The van der Waals surface area contributed by atoms with E-state index in [0.717, 1.165) is 11.3 Å². The third-order valence-electron chi connectivity index (χ3n) is 5.77. The second-order valence-electron chi connectivity index (χ2n) is 7.85. The van der Waals surface area contributed by atoms with E-state index in [9.17, 15) is 9.50 Å². The molecule has 0 saturated carbocycles. The van der Waals surface area contributed by atoms with Crippen LogP contribution in [0.15, 0.2) is 41.8 Å². The summed E-state index contributed by atoms with van der Waals surface area (Å²) in [6, 6.07) is 10.5. The van der Waals surface area contributed by atoms with E-state index in [1.54, 1.807) is 6.07 Å². The first kappa shape index (κ1) is 19.6. The molecule has 2 saturated heterocycles. The SMILES string of the molecule is Nc1nc(-c2ccc(-c3nc4cc(O[C@@H]5COC6[C@H](O)CO[C@@H]65)[nH]c4cc3F)cc2)cs1. The van der Waals surface area contributed by atoms with Gasteiger partial charge in [0.15, 0.2) is 22.9 Å². The van der Waals surface area contributed by atoms with E-state index in [2.05, 4.69) is 15.0 Å². The number of nitrogen functional groups attached to an aromatic ring is 1. The van der Waals surface area contributed by atoms with E-state index in [4.69, 9.17) is 19.9 Å². The number of hydrogen-bond acceptors (Lipinski definition) is 8. The summed E-state index contributed by atoms with van der Waals surface area (Å²) in [5, 5.41) is 12.3. The standard InChI is InChI=1S/C22H19FN4O4S/c23-12-5-13-14(6-18(25-13)31-17-8-30-20-16(28)7-29-21(17)20)26-19(12)11-3-1-10(2-4-11)15-9-32-22(24)27-15/h1-6,9,16-17,20-21,25,28H,7-8H2,(H2,24,27)/t16-,17-,20?,21-/m1/s1. The first-order valence-electron chi connectivity index (χ1n) is 10.1. The van der Waals surface area contributed by atoms with Crippen molar-refractivity contribution in [2.75, 3.05) is 18.9 Å². The number of aromatic nitrogens is 3. The minimum Gasteiger partial charge on any atom is -0.470 e. The van der Waals surface area contributed by atoms with Gasteiger partial charge in [0.2, 0.25) is 0 Å². The number of aliphatic hydroxyl groups is 1. The maximum absolute atomic E-state index is 14.8. The second-order valence-corrected chi connectivity index (χ2v) is 8.74. The summed E-state index contributed by atoms with van der Waals surface area (Å²) in [6.45, 7) is 0.540. The Balaban J connectivity index is 1.26. The van der Waals surface area contributed by atoms with Crippen LogP contribution in [0.3, 0.4) is 0 Å². The monoisotopic (exact) mass is 454 g/mol. The summed E-state index contributed by atoms with van der Waals surface area (Å²) in [4.78, 5) is 11.8. The molecular formula is C22H19FN4O4S. The number of nitrogens with zero attached hydrogens (tertiary/aromatic N) is 2. The number of nitrogens with one attached hydrogen (secondary N) is 1. The number of fused-ring (bicyclic) bond motifs is 2. The molecule has 6 rings (SSSR count). The highest BCUT2D eigenvalue weighted by Crippen LogP contribution is 2.32. The van der Waals surface area contributed by atoms with Gasteiger partial charge in [0.1, 0.15) is 24.0 Å². The normalized spacial score (nSPS) is 24.8. The maximum Gasteiger partial charge on any atom is 0.193 e. The third kappa shape index (κ3) is 3.32. The minimum atomic E-state index is -0.645. The molecule has 4 atom stereocenters. The van der Waals surface area contributed by atoms with Gasteiger partial charge in [0.25, 0.3) is 0 Å². The Kier molecular flexibility index (Phi) is 4.61. The molecule has 0 spiro atoms. The number of aliphatic hydroxyl groups excluding tert-OH is 1. The van der Waals surface area contributed by atoms with Crippen LogP contribution in [-0.4, -0.2) is 57.7 Å². The van der Waals surface area contributed by atoms with Crippen LogP contribution >= 0.6 is 11.3 Å². The number of thiazole rings is 1. The molecule has 4 N–H and O–H groups in total. The van der Waals surface area contributed by atoms with E-state index < -0.39 is 11.9 Å². The molecule has 1 unspecified atom stereocenters. The van der Waals surface area contributed by atoms with Crippen molar-refractivity contribution >= 4 is 27.5 Å². The fourth-order valence-electron chi connectivity index (χ4n) is 4.20. The van der Waals surface area contributed by atoms with Crippen LogP contribution in [-0.2, 0) is 9.47 Å². The van der Waals surface area contributed by atoms with Crippen molar-refractivity contribution in [1.82, 2.24) is 15.0 Å². The average molecular weight is 454 g/mol. The van der Waals surface area contributed by atoms with Crippen LogP contribution < -0.4 is 10.5 Å². The maximum atomic E-state index is 14.8. The summed E-state index contributed by atoms with van der Waals surface area (Å²) < 4.78 is 32.0. The fraction of sp³-hybridized carbons (Fsp3) is 0.273. The van der Waals surface area contributed by atoms with E-state index in [0.29, 0.717) is 34.2 Å². The number of rotatable bonds is 4. The predicted octanol–water partition coefficient (Wildman–Crippen LogP) is 2.98. The van der Waals surface area contributed by atoms with Crippen molar-refractivity contribution < 1.29 is 23.7 Å². The molecule has 164 valence electrons. The molecule has 2 fully saturated rings. The number of H-pyrrole nitrogens is 1. The van der Waals surface area contributed by atoms with Crippen molar-refractivity contribution in [3.05, 3.63) is 47.6 Å². The molecule has 2 aliphatic heterocycles. The smallest absolute Gasteiger partial charge is 0.193 e. The van der Waals surface area contributed by atoms with Crippen molar-refractivity contribution in [2.24, 2.45) is 0 Å². The molecule has 0 radical (unpaired) electrons. The van der Waals surface area contributed by atoms with Gasteiger partial charge >= 0.3 is 0 Å². The molecule has 3 aromatic heterocycles. The molecule has 0 aliphatic carbocycles. The van der Waals surface area contributed by atoms with Gasteiger partial charge in [-0.25, -0.2) is 14.4 Å². The summed E-state index contributed by atoms with van der Waals surface area (Å²) in [5.41, 5.74) is 9.40. The molecule has 10 heteroatoms. The first-order valence-corrected chi connectivity index (χ1v) is 11.0. The number of ether oxygens (including phenoxy) is 3. The van der Waals surface area contributed by atoms with E-state index in [1.165, 1.54) is 17.4 Å². The number of pyridine rings is 1. The Bertz CT molecular complexity index is 1290. The van der Waals surface area contributed by atoms with Gasteiger partial charge < -0.3 is 30.0 Å². The molecule has 32 heavy (non-hydrogen) atoms. The first-order chi connectivity index (χ1) is 15.5. The topological polar surface area (TPSA) is 116 Å². The lowest BCUT2D eigenvalue weighted by molar-refractivity contribution is 0.00794. The predicted molar refractivity (Wildman–Crippen MR) is 117 cm³/mol. The van der Waals surface area contributed by atoms with Gasteiger partial charge in [-0.15, -0.1) is 11.3 Å². The molecular weight excluding hydrogens is 435 g/mol. The number of hydrogen-bond donors (Lipinski definition) is 3. The Labute approximate surface area is 185 Å². The van der Waals surface area contributed by atoms with Crippen molar-refractivity contribution in [3.63, 3.8) is 0 Å². The molecule has 8 nitrogen and oxygen atoms in total. The lowest BCUT2D eigenvalue weighted by Crippen LogP contribution is -2.34. The molecule has 1 aromatic carbocycles. The van der Waals surface area contributed by atoms with Crippen LogP contribution in [0, 0.1) is 5.82 Å². The Hall–Kier alpha value is -3.05. The third-order valence-corrected chi connectivity index (χ3v) is 6.44. The molecule has 0 bridgehead atoms. The number of benzene rings is 1. The summed E-state index contributed by atoms with van der Waals surface area (Å²) in [7, 11) is 0. The van der Waals surface area contributed by atoms with Gasteiger partial charge in [-0.1, -0.05) is 24.3 Å². The van der Waals surface area contributed by atoms with Crippen LogP contribution in [0.5, 0.6) is 5.88 Å². The number of aromatic amines is 1. The number of nitrogens with two attached hydrogens (primary N) is 1. The van der Waals surface area contributed by atoms with Crippen molar-refractivity contribution in [1.29, 1.82) is 0 Å². The highest BCUT2D eigenvalue weighted by Gasteiger charge is 2.48. The van der Waals surface area contributed by atoms with Crippen LogP contribution in [0.4, 0.5) is 9.52 Å².